The molecule has 0 radical (unpaired) electrons. The number of hydrogen-bond donors (Lipinski definition) is 1. The maximum atomic E-state index is 12.1. The maximum Gasteiger partial charge on any atom is 0.410 e. The largest absolute Gasteiger partial charge is 0.466 e. The lowest BCUT2D eigenvalue weighted by Gasteiger charge is -2.34. The number of fused-ring (bicyclic) bond motifs is 1. The van der Waals surface area contributed by atoms with Gasteiger partial charge in [0.05, 0.1) is 25.0 Å². The zero-order chi connectivity index (χ0) is 17.1. The highest BCUT2D eigenvalue weighted by atomic mass is 16.7. The molecular formula is C17H25NO6. The van der Waals surface area contributed by atoms with Gasteiger partial charge in [-0.3, -0.25) is 0 Å². The number of rotatable bonds is 4. The van der Waals surface area contributed by atoms with Crippen LogP contribution in [0.2, 0.25) is 0 Å². The van der Waals surface area contributed by atoms with Gasteiger partial charge in [0.1, 0.15) is 0 Å². The zero-order valence-corrected chi connectivity index (χ0v) is 14.2. The van der Waals surface area contributed by atoms with E-state index in [-0.39, 0.29) is 23.9 Å². The molecule has 1 amide bonds. The molecule has 7 heteroatoms. The first-order chi connectivity index (χ1) is 11.6. The maximum absolute atomic E-state index is 12.1. The summed E-state index contributed by atoms with van der Waals surface area (Å²) in [5, 5.41) is 2.73. The molecule has 0 aromatic heterocycles. The summed E-state index contributed by atoms with van der Waals surface area (Å²) in [5.74, 6) is -0.0885. The van der Waals surface area contributed by atoms with Gasteiger partial charge in [0, 0.05) is 25.0 Å². The van der Waals surface area contributed by atoms with Gasteiger partial charge < -0.3 is 24.3 Å². The van der Waals surface area contributed by atoms with Crippen molar-refractivity contribution in [1.82, 2.24) is 5.32 Å². The van der Waals surface area contributed by atoms with Crippen LogP contribution < -0.4 is 5.32 Å². The zero-order valence-electron chi connectivity index (χ0n) is 14.2. The average molecular weight is 339 g/mol. The van der Waals surface area contributed by atoms with E-state index in [1.54, 1.807) is 0 Å². The van der Waals surface area contributed by atoms with E-state index < -0.39 is 12.4 Å². The summed E-state index contributed by atoms with van der Waals surface area (Å²) < 4.78 is 21.3. The van der Waals surface area contributed by atoms with E-state index in [9.17, 15) is 9.59 Å². The molecule has 1 aliphatic carbocycles. The molecule has 2 heterocycles. The van der Waals surface area contributed by atoms with Gasteiger partial charge in [-0.05, 0) is 31.6 Å². The Bertz CT molecular complexity index is 513. The van der Waals surface area contributed by atoms with Crippen LogP contribution in [-0.4, -0.2) is 44.7 Å². The van der Waals surface area contributed by atoms with Crippen LogP contribution in [0.3, 0.4) is 0 Å². The number of esters is 1. The lowest BCUT2D eigenvalue weighted by Crippen LogP contribution is -2.42. The standard InChI is InChI=1S/C17H25NO6/c1-10-5-6-12-13(15(19)21-2)9-23-16(14(10)12)24-17(20)18-8-11-4-3-7-22-11/h9-12,14,16H,3-8H2,1-2H3,(H,18,20). The molecule has 1 saturated carbocycles. The van der Waals surface area contributed by atoms with Gasteiger partial charge in [0.25, 0.3) is 0 Å². The van der Waals surface area contributed by atoms with Crippen LogP contribution in [0, 0.1) is 17.8 Å². The minimum atomic E-state index is -0.676. The van der Waals surface area contributed by atoms with Gasteiger partial charge in [0.2, 0.25) is 6.29 Å². The second-order valence-electron chi connectivity index (χ2n) is 6.73. The molecule has 7 nitrogen and oxygen atoms in total. The summed E-state index contributed by atoms with van der Waals surface area (Å²) in [4.78, 5) is 23.9. The Morgan fingerprint density at radius 1 is 1.33 bits per heavy atom. The molecule has 1 saturated heterocycles. The number of ether oxygens (including phenoxy) is 4. The molecule has 5 atom stereocenters. The van der Waals surface area contributed by atoms with E-state index >= 15 is 0 Å². The van der Waals surface area contributed by atoms with Crippen molar-refractivity contribution >= 4 is 12.1 Å². The molecule has 24 heavy (non-hydrogen) atoms. The number of carbonyl (C=O) groups excluding carboxylic acids is 2. The molecule has 3 aliphatic rings. The van der Waals surface area contributed by atoms with Crippen molar-refractivity contribution in [2.75, 3.05) is 20.3 Å². The van der Waals surface area contributed by atoms with E-state index in [0.717, 1.165) is 32.3 Å². The van der Waals surface area contributed by atoms with Gasteiger partial charge in [-0.2, -0.15) is 0 Å². The second-order valence-corrected chi connectivity index (χ2v) is 6.73. The highest BCUT2D eigenvalue weighted by Crippen LogP contribution is 2.46. The number of alkyl carbamates (subject to hydrolysis) is 1. The molecular weight excluding hydrogens is 314 g/mol. The van der Waals surface area contributed by atoms with Crippen molar-refractivity contribution in [1.29, 1.82) is 0 Å². The fourth-order valence-corrected chi connectivity index (χ4v) is 3.94. The first-order valence-corrected chi connectivity index (χ1v) is 8.60. The summed E-state index contributed by atoms with van der Waals surface area (Å²) >= 11 is 0. The average Bonchev–Trinajstić information content (AvgIpc) is 3.23. The highest BCUT2D eigenvalue weighted by molar-refractivity contribution is 5.89. The Hall–Kier alpha value is -1.76. The van der Waals surface area contributed by atoms with Gasteiger partial charge in [0.15, 0.2) is 0 Å². The van der Waals surface area contributed by atoms with E-state index in [1.165, 1.54) is 13.4 Å². The third-order valence-electron chi connectivity index (χ3n) is 5.24. The molecule has 5 unspecified atom stereocenters. The topological polar surface area (TPSA) is 83.1 Å². The Kier molecular flexibility index (Phi) is 5.28. The van der Waals surface area contributed by atoms with Crippen LogP contribution in [0.15, 0.2) is 11.8 Å². The third kappa shape index (κ3) is 3.50. The molecule has 3 rings (SSSR count). The van der Waals surface area contributed by atoms with Gasteiger partial charge in [-0.25, -0.2) is 9.59 Å². The van der Waals surface area contributed by atoms with E-state index in [1.807, 2.05) is 0 Å². The van der Waals surface area contributed by atoms with Crippen LogP contribution in [-0.2, 0) is 23.7 Å². The lowest BCUT2D eigenvalue weighted by molar-refractivity contribution is -0.145. The summed E-state index contributed by atoms with van der Waals surface area (Å²) in [6, 6.07) is 0. The lowest BCUT2D eigenvalue weighted by atomic mass is 9.83. The monoisotopic (exact) mass is 339 g/mol. The Morgan fingerprint density at radius 2 is 2.17 bits per heavy atom. The summed E-state index contributed by atoms with van der Waals surface area (Å²) in [6.45, 7) is 3.28. The first kappa shape index (κ1) is 17.1. The SMILES string of the molecule is COC(=O)C1=COC(OC(=O)NCC2CCCO2)C2C(C)CCC12. The number of carbonyl (C=O) groups is 2. The van der Waals surface area contributed by atoms with Crippen LogP contribution >= 0.6 is 0 Å². The van der Waals surface area contributed by atoms with Crippen molar-refractivity contribution in [3.63, 3.8) is 0 Å². The predicted molar refractivity (Wildman–Crippen MR) is 83.8 cm³/mol. The minimum absolute atomic E-state index is 0.0113. The van der Waals surface area contributed by atoms with Crippen LogP contribution in [0.25, 0.3) is 0 Å². The molecule has 0 bridgehead atoms. The fourth-order valence-electron chi connectivity index (χ4n) is 3.94. The molecule has 0 spiro atoms. The molecule has 0 aromatic rings. The van der Waals surface area contributed by atoms with Crippen molar-refractivity contribution in [2.24, 2.45) is 17.8 Å². The summed E-state index contributed by atoms with van der Waals surface area (Å²) in [6.07, 6.45) is 4.08. The van der Waals surface area contributed by atoms with Crippen molar-refractivity contribution in [3.05, 3.63) is 11.8 Å². The normalized spacial score (nSPS) is 34.8. The number of hydrogen-bond acceptors (Lipinski definition) is 6. The van der Waals surface area contributed by atoms with Crippen molar-refractivity contribution in [2.45, 2.75) is 45.0 Å². The van der Waals surface area contributed by atoms with E-state index in [0.29, 0.717) is 18.0 Å². The van der Waals surface area contributed by atoms with Crippen LogP contribution in [0.5, 0.6) is 0 Å². The molecule has 134 valence electrons. The van der Waals surface area contributed by atoms with E-state index in [2.05, 4.69) is 12.2 Å². The summed E-state index contributed by atoms with van der Waals surface area (Å²) in [7, 11) is 1.36. The fraction of sp³-hybridized carbons (Fsp3) is 0.765. The van der Waals surface area contributed by atoms with Crippen LogP contribution in [0.1, 0.15) is 32.6 Å². The Morgan fingerprint density at radius 3 is 2.88 bits per heavy atom. The molecule has 2 fully saturated rings. The van der Waals surface area contributed by atoms with Crippen molar-refractivity contribution in [3.8, 4) is 0 Å². The molecule has 2 aliphatic heterocycles. The van der Waals surface area contributed by atoms with Crippen molar-refractivity contribution < 1.29 is 28.5 Å². The molecule has 1 N–H and O–H groups in total. The first-order valence-electron chi connectivity index (χ1n) is 8.60. The van der Waals surface area contributed by atoms with Gasteiger partial charge in [-0.15, -0.1) is 0 Å². The number of nitrogens with one attached hydrogen (secondary N) is 1. The Labute approximate surface area is 141 Å². The number of amides is 1. The van der Waals surface area contributed by atoms with Gasteiger partial charge >= 0.3 is 12.1 Å². The smallest absolute Gasteiger partial charge is 0.410 e. The highest BCUT2D eigenvalue weighted by Gasteiger charge is 2.48. The third-order valence-corrected chi connectivity index (χ3v) is 5.24. The Balaban J connectivity index is 1.59. The second kappa shape index (κ2) is 7.42. The number of methoxy groups -OCH3 is 1. The predicted octanol–water partition coefficient (Wildman–Crippen LogP) is 1.97. The van der Waals surface area contributed by atoms with Gasteiger partial charge in [-0.1, -0.05) is 6.92 Å². The molecule has 0 aromatic carbocycles. The van der Waals surface area contributed by atoms with Crippen LogP contribution in [0.4, 0.5) is 4.79 Å². The summed E-state index contributed by atoms with van der Waals surface area (Å²) in [5.41, 5.74) is 0.534. The minimum Gasteiger partial charge on any atom is -0.466 e. The van der Waals surface area contributed by atoms with E-state index in [4.69, 9.17) is 18.9 Å². The quantitative estimate of drug-likeness (QED) is 0.789.